The number of nitrogens with zero attached hydrogens (tertiary/aromatic N) is 2. The highest BCUT2D eigenvalue weighted by Gasteiger charge is 2.25. The number of aliphatic hydroxyl groups is 1. The molecule has 1 aliphatic heterocycles. The number of pyridine rings is 1. The fraction of sp³-hybridized carbons (Fsp3) is 0.538. The Hall–Kier alpha value is -1.62. The van der Waals surface area contributed by atoms with Gasteiger partial charge in [-0.25, -0.2) is 4.98 Å². The average Bonchev–Trinajstić information content (AvgIpc) is 2.50. The lowest BCUT2D eigenvalue weighted by molar-refractivity contribution is 0.0481. The summed E-state index contributed by atoms with van der Waals surface area (Å²) in [6, 6.07) is 3.57. The Morgan fingerprint density at radius 3 is 3.00 bits per heavy atom. The molecule has 0 radical (unpaired) electrons. The first-order valence-electron chi connectivity index (χ1n) is 6.26. The van der Waals surface area contributed by atoms with E-state index in [0.29, 0.717) is 5.56 Å². The summed E-state index contributed by atoms with van der Waals surface area (Å²) in [5.74, 6) is 0.890. The normalized spacial score (nSPS) is 24.7. The van der Waals surface area contributed by atoms with E-state index >= 15 is 0 Å². The average molecular weight is 248 g/mol. The smallest absolute Gasteiger partial charge is 0.129 e. The van der Waals surface area contributed by atoms with Gasteiger partial charge in [0.15, 0.2) is 0 Å². The minimum atomic E-state index is -0.576. The molecule has 0 bridgehead atoms. The van der Waals surface area contributed by atoms with Gasteiger partial charge >= 0.3 is 0 Å². The van der Waals surface area contributed by atoms with Crippen LogP contribution in [0.2, 0.25) is 0 Å². The van der Waals surface area contributed by atoms with Crippen LogP contribution in [0.5, 0.6) is 0 Å². The highest BCUT2D eigenvalue weighted by atomic mass is 16.3. The predicted octanol–water partition coefficient (Wildman–Crippen LogP) is 1.11. The monoisotopic (exact) mass is 248 g/mol. The van der Waals surface area contributed by atoms with Gasteiger partial charge in [-0.05, 0) is 38.3 Å². The van der Waals surface area contributed by atoms with E-state index < -0.39 is 5.60 Å². The molecule has 1 atom stereocenters. The minimum Gasteiger partial charge on any atom is -0.390 e. The molecule has 1 aliphatic rings. The van der Waals surface area contributed by atoms with E-state index in [1.165, 1.54) is 0 Å². The zero-order valence-electron chi connectivity index (χ0n) is 10.7. The van der Waals surface area contributed by atoms with Crippen LogP contribution in [0.15, 0.2) is 18.3 Å². The third-order valence-corrected chi connectivity index (χ3v) is 3.44. The van der Waals surface area contributed by atoms with Crippen molar-refractivity contribution >= 4 is 11.7 Å². The standard InChI is InChI=1S/C13H20N4O/c1-13(18)4-2-7-17(8-5-13)11-9-10(12(14)15)3-6-16-11/h3,6,9,18H,2,4-5,7-8H2,1H3,(H3,14,15). The summed E-state index contributed by atoms with van der Waals surface area (Å²) in [7, 11) is 0. The molecule has 0 saturated carbocycles. The van der Waals surface area contributed by atoms with Crippen LogP contribution in [0, 0.1) is 5.41 Å². The van der Waals surface area contributed by atoms with E-state index in [9.17, 15) is 5.11 Å². The van der Waals surface area contributed by atoms with E-state index in [-0.39, 0.29) is 5.84 Å². The molecule has 1 fully saturated rings. The SMILES string of the molecule is CC1(O)CCCN(c2cc(C(=N)N)ccn2)CC1. The topological polar surface area (TPSA) is 86.2 Å². The second-order valence-corrected chi connectivity index (χ2v) is 5.15. The van der Waals surface area contributed by atoms with Crippen LogP contribution >= 0.6 is 0 Å². The van der Waals surface area contributed by atoms with Crippen LogP contribution in [0.3, 0.4) is 0 Å². The van der Waals surface area contributed by atoms with E-state index in [1.54, 1.807) is 12.3 Å². The number of nitrogens with two attached hydrogens (primary N) is 1. The number of aromatic nitrogens is 1. The molecule has 1 saturated heterocycles. The van der Waals surface area contributed by atoms with E-state index in [2.05, 4.69) is 9.88 Å². The molecule has 2 heterocycles. The number of nitrogens with one attached hydrogen (secondary N) is 1. The highest BCUT2D eigenvalue weighted by molar-refractivity contribution is 5.95. The fourth-order valence-electron chi connectivity index (χ4n) is 2.25. The molecule has 98 valence electrons. The highest BCUT2D eigenvalue weighted by Crippen LogP contribution is 2.24. The molecule has 0 amide bonds. The van der Waals surface area contributed by atoms with Crippen molar-refractivity contribution < 1.29 is 5.11 Å². The summed E-state index contributed by atoms with van der Waals surface area (Å²) in [5.41, 5.74) is 5.60. The third kappa shape index (κ3) is 2.98. The van der Waals surface area contributed by atoms with Crippen LogP contribution in [-0.4, -0.2) is 34.6 Å². The van der Waals surface area contributed by atoms with Gasteiger partial charge in [-0.3, -0.25) is 5.41 Å². The molecule has 5 nitrogen and oxygen atoms in total. The molecule has 5 heteroatoms. The second kappa shape index (κ2) is 4.94. The summed E-state index contributed by atoms with van der Waals surface area (Å²) in [6.45, 7) is 3.54. The van der Waals surface area contributed by atoms with Crippen LogP contribution in [0.4, 0.5) is 5.82 Å². The van der Waals surface area contributed by atoms with Gasteiger partial charge in [0.05, 0.1) is 5.60 Å². The molecule has 0 aromatic carbocycles. The van der Waals surface area contributed by atoms with Gasteiger partial charge in [-0.1, -0.05) is 0 Å². The molecule has 18 heavy (non-hydrogen) atoms. The Morgan fingerprint density at radius 2 is 2.28 bits per heavy atom. The van der Waals surface area contributed by atoms with Gasteiger partial charge in [0.2, 0.25) is 0 Å². The van der Waals surface area contributed by atoms with Gasteiger partial charge in [0, 0.05) is 24.8 Å². The summed E-state index contributed by atoms with van der Waals surface area (Å²) in [5, 5.41) is 17.5. The second-order valence-electron chi connectivity index (χ2n) is 5.15. The molecular weight excluding hydrogens is 228 g/mol. The predicted molar refractivity (Wildman–Crippen MR) is 71.9 cm³/mol. The number of rotatable bonds is 2. The zero-order valence-corrected chi connectivity index (χ0v) is 10.7. The lowest BCUT2D eigenvalue weighted by Gasteiger charge is -2.23. The Kier molecular flexibility index (Phi) is 3.52. The summed E-state index contributed by atoms with van der Waals surface area (Å²) in [4.78, 5) is 6.47. The van der Waals surface area contributed by atoms with Gasteiger partial charge < -0.3 is 15.7 Å². The number of anilines is 1. The Labute approximate surface area is 107 Å². The summed E-state index contributed by atoms with van der Waals surface area (Å²) in [6.07, 6.45) is 4.17. The molecule has 0 spiro atoms. The minimum absolute atomic E-state index is 0.0560. The molecule has 4 N–H and O–H groups in total. The number of nitrogen functional groups attached to an aromatic ring is 1. The van der Waals surface area contributed by atoms with Crippen molar-refractivity contribution in [1.29, 1.82) is 5.41 Å². The quantitative estimate of drug-likeness (QED) is 0.540. The van der Waals surface area contributed by atoms with Crippen molar-refractivity contribution in [2.24, 2.45) is 5.73 Å². The van der Waals surface area contributed by atoms with Crippen LogP contribution in [-0.2, 0) is 0 Å². The van der Waals surface area contributed by atoms with E-state index in [0.717, 1.165) is 38.2 Å². The lowest BCUT2D eigenvalue weighted by atomic mass is 9.98. The Morgan fingerprint density at radius 1 is 1.50 bits per heavy atom. The molecule has 1 aromatic heterocycles. The Balaban J connectivity index is 2.16. The van der Waals surface area contributed by atoms with Crippen molar-refractivity contribution in [2.45, 2.75) is 31.8 Å². The van der Waals surface area contributed by atoms with Crippen molar-refractivity contribution in [3.05, 3.63) is 23.9 Å². The van der Waals surface area contributed by atoms with Gasteiger partial charge in [-0.2, -0.15) is 0 Å². The van der Waals surface area contributed by atoms with Crippen molar-refractivity contribution in [3.8, 4) is 0 Å². The van der Waals surface area contributed by atoms with Crippen LogP contribution in [0.1, 0.15) is 31.7 Å². The van der Waals surface area contributed by atoms with Crippen LogP contribution in [0.25, 0.3) is 0 Å². The summed E-state index contributed by atoms with van der Waals surface area (Å²) < 4.78 is 0. The largest absolute Gasteiger partial charge is 0.390 e. The van der Waals surface area contributed by atoms with E-state index in [1.807, 2.05) is 13.0 Å². The fourth-order valence-corrected chi connectivity index (χ4v) is 2.25. The summed E-state index contributed by atoms with van der Waals surface area (Å²) >= 11 is 0. The van der Waals surface area contributed by atoms with E-state index in [4.69, 9.17) is 11.1 Å². The molecule has 2 rings (SSSR count). The van der Waals surface area contributed by atoms with Crippen molar-refractivity contribution in [1.82, 2.24) is 4.98 Å². The van der Waals surface area contributed by atoms with Gasteiger partial charge in [0.25, 0.3) is 0 Å². The van der Waals surface area contributed by atoms with Gasteiger partial charge in [-0.15, -0.1) is 0 Å². The maximum atomic E-state index is 10.1. The first-order valence-corrected chi connectivity index (χ1v) is 6.26. The number of hydrogen-bond donors (Lipinski definition) is 3. The molecule has 1 unspecified atom stereocenters. The Bertz CT molecular complexity index is 444. The lowest BCUT2D eigenvalue weighted by Crippen LogP contribution is -2.29. The first kappa shape index (κ1) is 12.8. The van der Waals surface area contributed by atoms with Crippen molar-refractivity contribution in [3.63, 3.8) is 0 Å². The maximum Gasteiger partial charge on any atom is 0.129 e. The molecule has 1 aromatic rings. The van der Waals surface area contributed by atoms with Crippen LogP contribution < -0.4 is 10.6 Å². The maximum absolute atomic E-state index is 10.1. The molecule has 0 aliphatic carbocycles. The van der Waals surface area contributed by atoms with Gasteiger partial charge in [0.1, 0.15) is 11.7 Å². The molecular formula is C13H20N4O. The zero-order chi connectivity index (χ0) is 13.2. The number of amidine groups is 1. The third-order valence-electron chi connectivity index (χ3n) is 3.44. The van der Waals surface area contributed by atoms with Crippen molar-refractivity contribution in [2.75, 3.05) is 18.0 Å². The first-order chi connectivity index (χ1) is 8.48. The number of hydrogen-bond acceptors (Lipinski definition) is 4.